The van der Waals surface area contributed by atoms with Gasteiger partial charge in [-0.3, -0.25) is 14.5 Å². The number of thioether (sulfide) groups is 1. The van der Waals surface area contributed by atoms with Crippen LogP contribution in [0.15, 0.2) is 21.8 Å². The molecule has 0 saturated carbocycles. The van der Waals surface area contributed by atoms with Crippen LogP contribution in [0.1, 0.15) is 18.5 Å². The highest BCUT2D eigenvalue weighted by Crippen LogP contribution is 2.42. The number of rotatable bonds is 6. The Kier molecular flexibility index (Phi) is 5.66. The van der Waals surface area contributed by atoms with Crippen molar-refractivity contribution in [3.8, 4) is 0 Å². The molecule has 0 aliphatic carbocycles. The smallest absolute Gasteiger partial charge is 0.352 e. The van der Waals surface area contributed by atoms with Crippen LogP contribution >= 0.6 is 23.1 Å². The van der Waals surface area contributed by atoms with Crippen LogP contribution in [0.2, 0.25) is 0 Å². The zero-order valence-corrected chi connectivity index (χ0v) is 17.5. The fraction of sp³-hybridized carbons (Fsp3) is 0.471. The van der Waals surface area contributed by atoms with Crippen LogP contribution in [-0.2, 0) is 24.0 Å². The van der Waals surface area contributed by atoms with Gasteiger partial charge in [0.25, 0.3) is 11.8 Å². The van der Waals surface area contributed by atoms with E-state index in [1.54, 1.807) is 5.38 Å². The third-order valence-electron chi connectivity index (χ3n) is 4.97. The van der Waals surface area contributed by atoms with Crippen molar-refractivity contribution in [2.24, 2.45) is 5.16 Å². The maximum absolute atomic E-state index is 12.8. The molecule has 1 aromatic heterocycles. The number of carboxylic acids is 1. The Morgan fingerprint density at radius 3 is 2.90 bits per heavy atom. The molecule has 3 aliphatic heterocycles. The molecule has 3 atom stereocenters. The summed E-state index contributed by atoms with van der Waals surface area (Å²) in [5.74, 6) is -1.92. The number of carbonyl (C=O) groups is 3. The van der Waals surface area contributed by atoms with Gasteiger partial charge < -0.3 is 25.7 Å². The largest absolute Gasteiger partial charge is 0.477 e. The highest BCUT2D eigenvalue weighted by atomic mass is 32.2. The quantitative estimate of drug-likeness (QED) is 0.306. The molecule has 30 heavy (non-hydrogen) atoms. The fourth-order valence-corrected chi connectivity index (χ4v) is 5.60. The monoisotopic (exact) mass is 453 g/mol. The van der Waals surface area contributed by atoms with Crippen LogP contribution in [0.3, 0.4) is 0 Å². The van der Waals surface area contributed by atoms with Gasteiger partial charge in [-0.2, -0.15) is 0 Å². The standard InChI is InChI=1S/C17H19N5O6S2/c1-27-21-10(8-6-30-17(18)19-8)13(23)20-11-14(24)22-12(16(25)26)7(5-29-15(11)22)9-3-2-4-28-9/h6,9,11,15H,2-5H2,1H3,(H2,18,19)(H,20,23)(H,25,26)/b21-10-/t9?,11-,15?/m1/s1. The molecular weight excluding hydrogens is 434 g/mol. The van der Waals surface area contributed by atoms with Crippen molar-refractivity contribution in [3.05, 3.63) is 22.3 Å². The minimum atomic E-state index is -1.18. The van der Waals surface area contributed by atoms with Gasteiger partial charge in [0, 0.05) is 17.7 Å². The van der Waals surface area contributed by atoms with Crippen LogP contribution < -0.4 is 11.1 Å². The van der Waals surface area contributed by atoms with Crippen molar-refractivity contribution in [1.82, 2.24) is 15.2 Å². The first-order valence-corrected chi connectivity index (χ1v) is 11.0. The van der Waals surface area contributed by atoms with E-state index < -0.39 is 29.2 Å². The van der Waals surface area contributed by atoms with E-state index in [0.717, 1.165) is 24.2 Å². The number of hydrogen-bond acceptors (Lipinski definition) is 10. The van der Waals surface area contributed by atoms with E-state index >= 15 is 0 Å². The maximum atomic E-state index is 12.8. The number of thiazole rings is 1. The molecule has 0 radical (unpaired) electrons. The molecule has 160 valence electrons. The second-order valence-electron chi connectivity index (χ2n) is 6.74. The Morgan fingerprint density at radius 2 is 2.30 bits per heavy atom. The zero-order valence-electron chi connectivity index (χ0n) is 15.9. The molecule has 2 saturated heterocycles. The molecule has 11 nitrogen and oxygen atoms in total. The number of carbonyl (C=O) groups excluding carboxylic acids is 2. The number of nitrogens with two attached hydrogens (primary N) is 1. The fourth-order valence-electron chi connectivity index (χ4n) is 3.64. The molecule has 1 aromatic rings. The molecule has 4 N–H and O–H groups in total. The number of amides is 2. The van der Waals surface area contributed by atoms with E-state index in [4.69, 9.17) is 15.3 Å². The van der Waals surface area contributed by atoms with Gasteiger partial charge in [-0.1, -0.05) is 5.16 Å². The van der Waals surface area contributed by atoms with Gasteiger partial charge in [0.1, 0.15) is 29.9 Å². The van der Waals surface area contributed by atoms with Crippen molar-refractivity contribution in [2.75, 3.05) is 25.2 Å². The number of oxime groups is 1. The summed E-state index contributed by atoms with van der Waals surface area (Å²) >= 11 is 2.53. The van der Waals surface area contributed by atoms with Gasteiger partial charge in [0.2, 0.25) is 0 Å². The van der Waals surface area contributed by atoms with E-state index in [-0.39, 0.29) is 28.3 Å². The average Bonchev–Trinajstić information content (AvgIpc) is 3.40. The normalized spacial score (nSPS) is 26.3. The molecule has 2 fully saturated rings. The third kappa shape index (κ3) is 3.52. The molecule has 13 heteroatoms. The lowest BCUT2D eigenvalue weighted by Gasteiger charge is -2.49. The molecule has 4 rings (SSSR count). The van der Waals surface area contributed by atoms with E-state index in [0.29, 0.717) is 17.9 Å². The van der Waals surface area contributed by atoms with E-state index in [9.17, 15) is 19.5 Å². The molecule has 0 aromatic carbocycles. The first-order valence-electron chi connectivity index (χ1n) is 9.08. The van der Waals surface area contributed by atoms with Gasteiger partial charge in [0.15, 0.2) is 10.8 Å². The Bertz CT molecular complexity index is 954. The Balaban J connectivity index is 1.53. The number of ether oxygens (including phenoxy) is 1. The lowest BCUT2D eigenvalue weighted by molar-refractivity contribution is -0.150. The Hall–Kier alpha value is -2.64. The van der Waals surface area contributed by atoms with Gasteiger partial charge >= 0.3 is 5.97 Å². The number of fused-ring (bicyclic) bond motifs is 1. The molecule has 2 amide bonds. The van der Waals surface area contributed by atoms with E-state index in [1.807, 2.05) is 0 Å². The minimum absolute atomic E-state index is 0.0424. The number of aromatic nitrogens is 1. The molecule has 0 spiro atoms. The summed E-state index contributed by atoms with van der Waals surface area (Å²) in [5, 5.41) is 17.3. The van der Waals surface area contributed by atoms with Crippen LogP contribution in [0.25, 0.3) is 0 Å². The van der Waals surface area contributed by atoms with E-state index in [2.05, 4.69) is 15.5 Å². The predicted octanol–water partition coefficient (Wildman–Crippen LogP) is -0.00660. The average molecular weight is 454 g/mol. The van der Waals surface area contributed by atoms with Gasteiger partial charge in [0.05, 0.1) is 6.10 Å². The molecule has 0 bridgehead atoms. The molecule has 3 aliphatic rings. The second-order valence-corrected chi connectivity index (χ2v) is 8.73. The van der Waals surface area contributed by atoms with Crippen molar-refractivity contribution in [2.45, 2.75) is 30.4 Å². The van der Waals surface area contributed by atoms with Crippen LogP contribution in [0.5, 0.6) is 0 Å². The number of hydrogen-bond donors (Lipinski definition) is 3. The third-order valence-corrected chi connectivity index (χ3v) is 6.94. The van der Waals surface area contributed by atoms with E-state index in [1.165, 1.54) is 23.8 Å². The Labute approximate surface area is 179 Å². The lowest BCUT2D eigenvalue weighted by Crippen LogP contribution is -2.71. The summed E-state index contributed by atoms with van der Waals surface area (Å²) < 4.78 is 5.63. The lowest BCUT2D eigenvalue weighted by atomic mass is 9.99. The number of nitrogens with one attached hydrogen (secondary N) is 1. The number of aliphatic carboxylic acids is 1. The highest BCUT2D eigenvalue weighted by molar-refractivity contribution is 8.00. The van der Waals surface area contributed by atoms with Crippen molar-refractivity contribution in [1.29, 1.82) is 0 Å². The van der Waals surface area contributed by atoms with Crippen LogP contribution in [-0.4, -0.2) is 75.5 Å². The topological polar surface area (TPSA) is 156 Å². The number of carboxylic acid groups (broad SMARTS) is 1. The number of nitrogen functional groups attached to an aromatic ring is 1. The van der Waals surface area contributed by atoms with Crippen LogP contribution in [0, 0.1) is 0 Å². The minimum Gasteiger partial charge on any atom is -0.477 e. The zero-order chi connectivity index (χ0) is 21.4. The summed E-state index contributed by atoms with van der Waals surface area (Å²) in [6.07, 6.45) is 1.29. The van der Waals surface area contributed by atoms with Gasteiger partial charge in [-0.05, 0) is 18.4 Å². The first-order chi connectivity index (χ1) is 14.4. The Morgan fingerprint density at radius 1 is 1.50 bits per heavy atom. The summed E-state index contributed by atoms with van der Waals surface area (Å²) in [6.45, 7) is 0.574. The summed E-state index contributed by atoms with van der Waals surface area (Å²) in [6, 6.07) is -0.888. The van der Waals surface area contributed by atoms with Crippen molar-refractivity contribution in [3.63, 3.8) is 0 Å². The van der Waals surface area contributed by atoms with Crippen molar-refractivity contribution >= 4 is 51.7 Å². The van der Waals surface area contributed by atoms with Gasteiger partial charge in [-0.25, -0.2) is 9.78 Å². The SMILES string of the molecule is CO/N=C(\C(=O)N[C@@H]1C(=O)N2C(C(=O)O)=C(C3CCCO3)CSC12)c1csc(N)n1. The van der Waals surface area contributed by atoms with Crippen molar-refractivity contribution < 1.29 is 29.1 Å². The number of β-lactam (4-membered cyclic amide) rings is 1. The molecule has 2 unspecified atom stereocenters. The number of anilines is 1. The summed E-state index contributed by atoms with van der Waals surface area (Å²) in [4.78, 5) is 47.4. The second kappa shape index (κ2) is 8.24. The van der Waals surface area contributed by atoms with Crippen LogP contribution in [0.4, 0.5) is 5.13 Å². The summed E-state index contributed by atoms with van der Waals surface area (Å²) in [5.41, 5.74) is 6.29. The van der Waals surface area contributed by atoms with Gasteiger partial charge in [-0.15, -0.1) is 23.1 Å². The maximum Gasteiger partial charge on any atom is 0.352 e. The number of nitrogens with zero attached hydrogens (tertiary/aromatic N) is 3. The highest BCUT2D eigenvalue weighted by Gasteiger charge is 2.55. The molecule has 4 heterocycles. The predicted molar refractivity (Wildman–Crippen MR) is 109 cm³/mol. The first kappa shape index (κ1) is 20.6. The summed E-state index contributed by atoms with van der Waals surface area (Å²) in [7, 11) is 1.28. The molecular formula is C17H19N5O6S2.